The molecule has 0 radical (unpaired) electrons. The predicted octanol–water partition coefficient (Wildman–Crippen LogP) is 2.40. The molecular formula is C14H12FN3. The zero-order valence-corrected chi connectivity index (χ0v) is 9.65. The Hall–Kier alpha value is -2.38. The van der Waals surface area contributed by atoms with Gasteiger partial charge in [0, 0.05) is 18.2 Å². The Labute approximate surface area is 105 Å². The Morgan fingerprint density at radius 3 is 2.83 bits per heavy atom. The lowest BCUT2D eigenvalue weighted by atomic mass is 10.2. The summed E-state index contributed by atoms with van der Waals surface area (Å²) in [4.78, 5) is 3.93. The molecule has 4 heteroatoms. The van der Waals surface area contributed by atoms with Gasteiger partial charge in [0.2, 0.25) is 0 Å². The van der Waals surface area contributed by atoms with Crippen LogP contribution in [0.5, 0.6) is 0 Å². The molecule has 0 aliphatic carbocycles. The average Bonchev–Trinajstić information content (AvgIpc) is 2.39. The second-order valence-corrected chi connectivity index (χ2v) is 3.67. The van der Waals surface area contributed by atoms with Crippen molar-refractivity contribution in [3.05, 3.63) is 53.6 Å². The molecule has 0 aliphatic heterocycles. The Kier molecular flexibility index (Phi) is 3.56. The van der Waals surface area contributed by atoms with Crippen LogP contribution in [0.3, 0.4) is 0 Å². The highest BCUT2D eigenvalue weighted by molar-refractivity contribution is 5.66. The molecule has 0 unspecified atom stereocenters. The highest BCUT2D eigenvalue weighted by atomic mass is 19.1. The lowest BCUT2D eigenvalue weighted by molar-refractivity contribution is 0.600. The van der Waals surface area contributed by atoms with Crippen molar-refractivity contribution in [3.63, 3.8) is 0 Å². The minimum absolute atomic E-state index is 0.0764. The topological polar surface area (TPSA) is 50.9 Å². The van der Waals surface area contributed by atoms with E-state index >= 15 is 0 Å². The van der Waals surface area contributed by atoms with Gasteiger partial charge in [-0.05, 0) is 12.1 Å². The van der Waals surface area contributed by atoms with E-state index in [0.29, 0.717) is 11.3 Å². The summed E-state index contributed by atoms with van der Waals surface area (Å²) in [5.41, 5.74) is 7.57. The molecule has 0 aliphatic rings. The number of para-hydroxylation sites is 1. The molecule has 3 N–H and O–H groups in total. The largest absolute Gasteiger partial charge is 0.353 e. The molecule has 0 amide bonds. The molecule has 18 heavy (non-hydrogen) atoms. The first-order chi connectivity index (χ1) is 8.74. The van der Waals surface area contributed by atoms with Crippen molar-refractivity contribution >= 4 is 11.4 Å². The zero-order valence-electron chi connectivity index (χ0n) is 9.65. The van der Waals surface area contributed by atoms with E-state index in [-0.39, 0.29) is 12.2 Å². The summed E-state index contributed by atoms with van der Waals surface area (Å²) in [7, 11) is 0. The fourth-order valence-electron chi connectivity index (χ4n) is 1.56. The first-order valence-electron chi connectivity index (χ1n) is 5.41. The Morgan fingerprint density at radius 2 is 2.17 bits per heavy atom. The monoisotopic (exact) mass is 241 g/mol. The molecule has 90 valence electrons. The molecule has 0 spiro atoms. The van der Waals surface area contributed by atoms with E-state index in [9.17, 15) is 4.39 Å². The summed E-state index contributed by atoms with van der Waals surface area (Å²) in [5, 5.41) is 3.03. The van der Waals surface area contributed by atoms with E-state index in [0.717, 1.165) is 5.69 Å². The van der Waals surface area contributed by atoms with Crippen LogP contribution < -0.4 is 11.1 Å². The number of pyridine rings is 1. The van der Waals surface area contributed by atoms with Crippen molar-refractivity contribution in [1.82, 2.24) is 4.98 Å². The molecule has 0 saturated carbocycles. The minimum Gasteiger partial charge on any atom is -0.353 e. The van der Waals surface area contributed by atoms with Crippen LogP contribution in [0.25, 0.3) is 0 Å². The maximum atomic E-state index is 13.5. The number of terminal acetylenes is 1. The van der Waals surface area contributed by atoms with Crippen LogP contribution in [0.1, 0.15) is 11.3 Å². The van der Waals surface area contributed by atoms with Crippen LogP contribution in [0.15, 0.2) is 36.5 Å². The third kappa shape index (κ3) is 2.47. The molecule has 3 nitrogen and oxygen atoms in total. The van der Waals surface area contributed by atoms with Gasteiger partial charge in [0.15, 0.2) is 0 Å². The van der Waals surface area contributed by atoms with Crippen molar-refractivity contribution in [1.29, 1.82) is 0 Å². The van der Waals surface area contributed by atoms with Crippen LogP contribution in [-0.2, 0) is 6.54 Å². The van der Waals surface area contributed by atoms with E-state index < -0.39 is 5.82 Å². The van der Waals surface area contributed by atoms with Gasteiger partial charge in [0.1, 0.15) is 5.82 Å². The number of nitrogens with one attached hydrogen (secondary N) is 1. The second kappa shape index (κ2) is 5.30. The van der Waals surface area contributed by atoms with Crippen molar-refractivity contribution in [3.8, 4) is 12.3 Å². The lowest BCUT2D eigenvalue weighted by Gasteiger charge is -2.09. The smallest absolute Gasteiger partial charge is 0.148 e. The van der Waals surface area contributed by atoms with E-state index in [1.807, 2.05) is 18.2 Å². The lowest BCUT2D eigenvalue weighted by Crippen LogP contribution is -2.04. The Balaban J connectivity index is 2.29. The van der Waals surface area contributed by atoms with Crippen molar-refractivity contribution < 1.29 is 4.39 Å². The molecule has 0 atom stereocenters. The zero-order chi connectivity index (χ0) is 13.0. The molecule has 0 bridgehead atoms. The highest BCUT2D eigenvalue weighted by Crippen LogP contribution is 2.20. The normalized spacial score (nSPS) is 9.83. The Morgan fingerprint density at radius 1 is 1.39 bits per heavy atom. The van der Waals surface area contributed by atoms with Gasteiger partial charge in [-0.15, -0.1) is 6.42 Å². The molecule has 2 aromatic rings. The van der Waals surface area contributed by atoms with Crippen molar-refractivity contribution in [2.24, 2.45) is 5.73 Å². The van der Waals surface area contributed by atoms with Gasteiger partial charge >= 0.3 is 0 Å². The third-order valence-corrected chi connectivity index (χ3v) is 2.47. The standard InChI is InChI=1S/C14H12FN3/c1-2-10-5-3-4-6-13(10)18-11-7-12(15)14(8-16)17-9-11/h1,3-7,9,18H,8,16H2. The average molecular weight is 241 g/mol. The van der Waals surface area contributed by atoms with E-state index in [2.05, 4.69) is 16.2 Å². The summed E-state index contributed by atoms with van der Waals surface area (Å²) in [5.74, 6) is 2.13. The van der Waals surface area contributed by atoms with Crippen LogP contribution in [0, 0.1) is 18.2 Å². The van der Waals surface area contributed by atoms with Gasteiger partial charge in [0.25, 0.3) is 0 Å². The molecule has 0 fully saturated rings. The van der Waals surface area contributed by atoms with Crippen LogP contribution in [-0.4, -0.2) is 4.98 Å². The van der Waals surface area contributed by atoms with Gasteiger partial charge in [-0.2, -0.15) is 0 Å². The van der Waals surface area contributed by atoms with Gasteiger partial charge in [0.05, 0.1) is 23.3 Å². The van der Waals surface area contributed by atoms with Crippen LogP contribution in [0.4, 0.5) is 15.8 Å². The number of hydrogen-bond acceptors (Lipinski definition) is 3. The van der Waals surface area contributed by atoms with Gasteiger partial charge < -0.3 is 11.1 Å². The number of aromatic nitrogens is 1. The first kappa shape index (κ1) is 12.1. The molecule has 1 aromatic carbocycles. The van der Waals surface area contributed by atoms with E-state index in [4.69, 9.17) is 12.2 Å². The second-order valence-electron chi connectivity index (χ2n) is 3.67. The maximum Gasteiger partial charge on any atom is 0.148 e. The number of nitrogens with zero attached hydrogens (tertiary/aromatic N) is 1. The summed E-state index contributed by atoms with van der Waals surface area (Å²) in [6.07, 6.45) is 6.91. The fourth-order valence-corrected chi connectivity index (χ4v) is 1.56. The molecule has 0 saturated heterocycles. The van der Waals surface area contributed by atoms with Gasteiger partial charge in [-0.3, -0.25) is 4.98 Å². The van der Waals surface area contributed by atoms with E-state index in [1.54, 1.807) is 6.07 Å². The molecular weight excluding hydrogens is 229 g/mol. The number of hydrogen-bond donors (Lipinski definition) is 2. The summed E-state index contributed by atoms with van der Waals surface area (Å²) < 4.78 is 13.5. The number of anilines is 2. The third-order valence-electron chi connectivity index (χ3n) is 2.47. The first-order valence-corrected chi connectivity index (χ1v) is 5.41. The molecule has 1 aromatic heterocycles. The highest BCUT2D eigenvalue weighted by Gasteiger charge is 2.05. The van der Waals surface area contributed by atoms with Crippen molar-refractivity contribution in [2.45, 2.75) is 6.54 Å². The summed E-state index contributed by atoms with van der Waals surface area (Å²) >= 11 is 0. The SMILES string of the molecule is C#Cc1ccccc1Nc1cnc(CN)c(F)c1. The minimum atomic E-state index is -0.430. The number of halogens is 1. The number of rotatable bonds is 3. The molecule has 1 heterocycles. The van der Waals surface area contributed by atoms with Gasteiger partial charge in [-0.25, -0.2) is 4.39 Å². The van der Waals surface area contributed by atoms with Crippen LogP contribution in [0.2, 0.25) is 0 Å². The molecule has 2 rings (SSSR count). The summed E-state index contributed by atoms with van der Waals surface area (Å²) in [6, 6.07) is 8.67. The van der Waals surface area contributed by atoms with Gasteiger partial charge in [-0.1, -0.05) is 18.1 Å². The van der Waals surface area contributed by atoms with Crippen LogP contribution >= 0.6 is 0 Å². The number of nitrogens with two attached hydrogens (primary N) is 1. The van der Waals surface area contributed by atoms with Crippen molar-refractivity contribution in [2.75, 3.05) is 5.32 Å². The fraction of sp³-hybridized carbons (Fsp3) is 0.0714. The summed E-state index contributed by atoms with van der Waals surface area (Å²) in [6.45, 7) is 0.0764. The van der Waals surface area contributed by atoms with E-state index in [1.165, 1.54) is 12.3 Å². The quantitative estimate of drug-likeness (QED) is 0.811. The Bertz CT molecular complexity index is 602. The number of benzene rings is 1. The predicted molar refractivity (Wildman–Crippen MR) is 69.7 cm³/mol. The maximum absolute atomic E-state index is 13.5.